The number of nitrogens with zero attached hydrogens (tertiary/aromatic N) is 1. The van der Waals surface area contributed by atoms with Crippen LogP contribution in [0.15, 0.2) is 0 Å². The van der Waals surface area contributed by atoms with Crippen molar-refractivity contribution in [2.75, 3.05) is 13.1 Å². The van der Waals surface area contributed by atoms with Gasteiger partial charge in [0.1, 0.15) is 0 Å². The quantitative estimate of drug-likeness (QED) is 0.759. The van der Waals surface area contributed by atoms with Crippen LogP contribution in [0.2, 0.25) is 0 Å². The number of rotatable bonds is 7. The van der Waals surface area contributed by atoms with Crippen molar-refractivity contribution in [3.05, 3.63) is 0 Å². The molecule has 1 unspecified atom stereocenters. The van der Waals surface area contributed by atoms with Crippen LogP contribution < -0.4 is 5.73 Å². The molecule has 1 atom stereocenters. The van der Waals surface area contributed by atoms with E-state index in [1.807, 2.05) is 0 Å². The maximum Gasteiger partial charge on any atom is 0.227 e. The summed E-state index contributed by atoms with van der Waals surface area (Å²) in [7, 11) is 0. The Kier molecular flexibility index (Phi) is 6.69. The normalized spacial score (nSPS) is 18.3. The van der Waals surface area contributed by atoms with Gasteiger partial charge in [-0.3, -0.25) is 4.79 Å². The first-order valence-electron chi connectivity index (χ1n) is 7.60. The second-order valence-corrected chi connectivity index (χ2v) is 6.04. The minimum atomic E-state index is 0.0364. The number of hydrogen-bond donors (Lipinski definition) is 1. The van der Waals surface area contributed by atoms with E-state index in [-0.39, 0.29) is 5.92 Å². The van der Waals surface area contributed by atoms with E-state index in [0.717, 1.165) is 19.4 Å². The van der Waals surface area contributed by atoms with E-state index in [1.165, 1.54) is 25.7 Å². The van der Waals surface area contributed by atoms with E-state index in [1.54, 1.807) is 0 Å². The molecule has 18 heavy (non-hydrogen) atoms. The summed E-state index contributed by atoms with van der Waals surface area (Å²) in [5, 5.41) is 0. The molecule has 3 heteroatoms. The molecule has 0 radical (unpaired) electrons. The van der Waals surface area contributed by atoms with Crippen molar-refractivity contribution >= 4 is 5.91 Å². The Morgan fingerprint density at radius 2 is 1.94 bits per heavy atom. The highest BCUT2D eigenvalue weighted by Gasteiger charge is 2.30. The fraction of sp³-hybridized carbons (Fsp3) is 0.933. The molecular formula is C15H30N2O. The first-order valence-corrected chi connectivity index (χ1v) is 7.60. The van der Waals surface area contributed by atoms with Crippen LogP contribution in [-0.4, -0.2) is 29.9 Å². The lowest BCUT2D eigenvalue weighted by Gasteiger charge is -2.33. The molecule has 0 saturated heterocycles. The highest BCUT2D eigenvalue weighted by Crippen LogP contribution is 2.26. The van der Waals surface area contributed by atoms with E-state index in [9.17, 15) is 4.79 Å². The predicted molar refractivity (Wildman–Crippen MR) is 76.3 cm³/mol. The van der Waals surface area contributed by atoms with Crippen molar-refractivity contribution < 1.29 is 4.79 Å². The lowest BCUT2D eigenvalue weighted by Crippen LogP contribution is -2.46. The molecule has 1 fully saturated rings. The summed E-state index contributed by atoms with van der Waals surface area (Å²) in [6.07, 6.45) is 6.87. The van der Waals surface area contributed by atoms with Crippen molar-refractivity contribution in [3.8, 4) is 0 Å². The molecule has 0 bridgehead atoms. The molecule has 0 aromatic rings. The van der Waals surface area contributed by atoms with Crippen LogP contribution >= 0.6 is 0 Å². The smallest absolute Gasteiger partial charge is 0.227 e. The minimum absolute atomic E-state index is 0.0364. The Morgan fingerprint density at radius 3 is 2.39 bits per heavy atom. The third kappa shape index (κ3) is 4.27. The van der Waals surface area contributed by atoms with Crippen LogP contribution in [0, 0.1) is 11.8 Å². The van der Waals surface area contributed by atoms with Crippen LogP contribution in [0.5, 0.6) is 0 Å². The van der Waals surface area contributed by atoms with Crippen molar-refractivity contribution in [1.29, 1.82) is 0 Å². The Bertz CT molecular complexity index is 247. The van der Waals surface area contributed by atoms with Crippen LogP contribution in [0.4, 0.5) is 0 Å². The van der Waals surface area contributed by atoms with Crippen LogP contribution in [0.25, 0.3) is 0 Å². The first kappa shape index (κ1) is 15.5. The zero-order valence-electron chi connectivity index (χ0n) is 12.3. The van der Waals surface area contributed by atoms with Gasteiger partial charge in [-0.2, -0.15) is 0 Å². The summed E-state index contributed by atoms with van der Waals surface area (Å²) in [5.41, 5.74) is 5.78. The molecule has 0 spiro atoms. The van der Waals surface area contributed by atoms with Gasteiger partial charge in [0, 0.05) is 19.1 Å². The van der Waals surface area contributed by atoms with E-state index in [0.29, 0.717) is 24.4 Å². The van der Waals surface area contributed by atoms with Gasteiger partial charge >= 0.3 is 0 Å². The number of nitrogens with two attached hydrogens (primary N) is 1. The summed E-state index contributed by atoms with van der Waals surface area (Å²) in [4.78, 5) is 14.8. The molecule has 0 aliphatic heterocycles. The molecule has 1 aliphatic rings. The molecule has 3 nitrogen and oxygen atoms in total. The molecule has 106 valence electrons. The molecule has 1 amide bonds. The summed E-state index contributed by atoms with van der Waals surface area (Å²) in [6.45, 7) is 7.88. The molecule has 0 heterocycles. The van der Waals surface area contributed by atoms with Gasteiger partial charge in [-0.25, -0.2) is 0 Å². The molecular weight excluding hydrogens is 224 g/mol. The second-order valence-electron chi connectivity index (χ2n) is 6.04. The van der Waals surface area contributed by atoms with Gasteiger partial charge in [-0.05, 0) is 25.2 Å². The average molecular weight is 254 g/mol. The molecule has 2 N–H and O–H groups in total. The van der Waals surface area contributed by atoms with Crippen molar-refractivity contribution in [1.82, 2.24) is 4.90 Å². The second kappa shape index (κ2) is 7.78. The minimum Gasteiger partial charge on any atom is -0.339 e. The van der Waals surface area contributed by atoms with Crippen molar-refractivity contribution in [3.63, 3.8) is 0 Å². The number of amides is 1. The Hall–Kier alpha value is -0.570. The van der Waals surface area contributed by atoms with Gasteiger partial charge < -0.3 is 10.6 Å². The Balaban J connectivity index is 2.70. The van der Waals surface area contributed by atoms with Gasteiger partial charge in [0.05, 0.1) is 5.92 Å². The Labute approximate surface area is 112 Å². The zero-order chi connectivity index (χ0) is 13.5. The van der Waals surface area contributed by atoms with Gasteiger partial charge in [0.25, 0.3) is 0 Å². The van der Waals surface area contributed by atoms with Crippen LogP contribution in [-0.2, 0) is 4.79 Å². The lowest BCUT2D eigenvalue weighted by molar-refractivity contribution is -0.138. The third-order valence-corrected chi connectivity index (χ3v) is 3.88. The molecule has 1 aliphatic carbocycles. The predicted octanol–water partition coefficient (Wildman–Crippen LogP) is 2.79. The van der Waals surface area contributed by atoms with Crippen molar-refractivity contribution in [2.24, 2.45) is 17.6 Å². The highest BCUT2D eigenvalue weighted by molar-refractivity contribution is 5.79. The van der Waals surface area contributed by atoms with Crippen LogP contribution in [0.1, 0.15) is 59.3 Å². The topological polar surface area (TPSA) is 46.3 Å². The standard InChI is InChI=1S/C15H30N2O/c1-4-7-13(10-16)15(18)17(11-12(2)3)14-8-5-6-9-14/h12-14H,4-11,16H2,1-3H3. The first-order chi connectivity index (χ1) is 8.60. The maximum absolute atomic E-state index is 12.6. The molecule has 0 aromatic carbocycles. The van der Waals surface area contributed by atoms with Gasteiger partial charge in [0.15, 0.2) is 0 Å². The van der Waals surface area contributed by atoms with E-state index in [2.05, 4.69) is 25.7 Å². The Morgan fingerprint density at radius 1 is 1.33 bits per heavy atom. The van der Waals surface area contributed by atoms with E-state index >= 15 is 0 Å². The van der Waals surface area contributed by atoms with Crippen LogP contribution in [0.3, 0.4) is 0 Å². The number of carbonyl (C=O) groups excluding carboxylic acids is 1. The third-order valence-electron chi connectivity index (χ3n) is 3.88. The van der Waals surface area contributed by atoms with Gasteiger partial charge in [-0.15, -0.1) is 0 Å². The fourth-order valence-electron chi connectivity index (χ4n) is 2.95. The average Bonchev–Trinajstić information content (AvgIpc) is 2.85. The summed E-state index contributed by atoms with van der Waals surface area (Å²) < 4.78 is 0. The zero-order valence-corrected chi connectivity index (χ0v) is 12.3. The number of hydrogen-bond acceptors (Lipinski definition) is 2. The monoisotopic (exact) mass is 254 g/mol. The molecule has 1 saturated carbocycles. The summed E-state index contributed by atoms with van der Waals surface area (Å²) in [5.74, 6) is 0.879. The summed E-state index contributed by atoms with van der Waals surface area (Å²) >= 11 is 0. The van der Waals surface area contributed by atoms with Gasteiger partial charge in [-0.1, -0.05) is 40.0 Å². The fourth-order valence-corrected chi connectivity index (χ4v) is 2.95. The summed E-state index contributed by atoms with van der Waals surface area (Å²) in [6, 6.07) is 0.478. The highest BCUT2D eigenvalue weighted by atomic mass is 16.2. The lowest BCUT2D eigenvalue weighted by atomic mass is 9.99. The maximum atomic E-state index is 12.6. The van der Waals surface area contributed by atoms with E-state index in [4.69, 9.17) is 5.73 Å². The van der Waals surface area contributed by atoms with Crippen molar-refractivity contribution in [2.45, 2.75) is 65.3 Å². The number of carbonyl (C=O) groups is 1. The SMILES string of the molecule is CCCC(CN)C(=O)N(CC(C)C)C1CCCC1. The molecule has 1 rings (SSSR count). The molecule has 0 aromatic heterocycles. The van der Waals surface area contributed by atoms with E-state index < -0.39 is 0 Å². The largest absolute Gasteiger partial charge is 0.339 e. The van der Waals surface area contributed by atoms with Gasteiger partial charge in [0.2, 0.25) is 5.91 Å².